The summed E-state index contributed by atoms with van der Waals surface area (Å²) in [6, 6.07) is 3.84. The molecule has 112 valence electrons. The number of halogens is 1. The number of rotatable bonds is 4. The normalized spacial score (nSPS) is 15.2. The predicted octanol–water partition coefficient (Wildman–Crippen LogP) is 1.82. The molecule has 2 rings (SSSR count). The Morgan fingerprint density at radius 1 is 1.43 bits per heavy atom. The van der Waals surface area contributed by atoms with Crippen LogP contribution in [0.1, 0.15) is 12.8 Å². The van der Waals surface area contributed by atoms with Crippen LogP contribution >= 0.6 is 11.8 Å². The average molecular weight is 311 g/mol. The monoisotopic (exact) mass is 311 g/mol. The van der Waals surface area contributed by atoms with Gasteiger partial charge in [-0.1, -0.05) is 11.8 Å². The van der Waals surface area contributed by atoms with Crippen molar-refractivity contribution in [1.29, 1.82) is 0 Å². The lowest BCUT2D eigenvalue weighted by atomic mass is 10.2. The molecule has 1 fully saturated rings. The number of imide groups is 1. The Morgan fingerprint density at radius 2 is 2.19 bits per heavy atom. The molecular formula is C13H14FN3O3S. The molecule has 0 radical (unpaired) electrons. The SMILES string of the molecule is Nc1cc(NC(=O)CCN2C(=O)CCSC2=O)ccc1F. The standard InChI is InChI=1S/C13H14FN3O3S/c14-9-2-1-8(7-10(9)15)16-11(18)3-5-17-12(19)4-6-21-13(17)20/h1-2,7H,3-6,15H2,(H,16,18). The van der Waals surface area contributed by atoms with E-state index in [2.05, 4.69) is 5.32 Å². The highest BCUT2D eigenvalue weighted by Crippen LogP contribution is 2.19. The van der Waals surface area contributed by atoms with Gasteiger partial charge in [-0.2, -0.15) is 0 Å². The number of carbonyl (C=O) groups is 3. The summed E-state index contributed by atoms with van der Waals surface area (Å²) >= 11 is 1.07. The third kappa shape index (κ3) is 3.94. The third-order valence-electron chi connectivity index (χ3n) is 2.91. The van der Waals surface area contributed by atoms with E-state index in [0.29, 0.717) is 17.9 Å². The molecule has 3 N–H and O–H groups in total. The Hall–Kier alpha value is -2.09. The average Bonchev–Trinajstić information content (AvgIpc) is 2.42. The first-order chi connectivity index (χ1) is 9.97. The van der Waals surface area contributed by atoms with E-state index >= 15 is 0 Å². The Labute approximate surface area is 124 Å². The molecule has 8 heteroatoms. The van der Waals surface area contributed by atoms with E-state index in [1.54, 1.807) is 0 Å². The minimum absolute atomic E-state index is 0.0185. The molecule has 1 aromatic rings. The van der Waals surface area contributed by atoms with Gasteiger partial charge in [-0.25, -0.2) is 4.39 Å². The highest BCUT2D eigenvalue weighted by Gasteiger charge is 2.26. The maximum atomic E-state index is 13.0. The van der Waals surface area contributed by atoms with Gasteiger partial charge in [-0.3, -0.25) is 19.3 Å². The van der Waals surface area contributed by atoms with Gasteiger partial charge in [0.2, 0.25) is 11.8 Å². The molecular weight excluding hydrogens is 297 g/mol. The zero-order chi connectivity index (χ0) is 15.4. The summed E-state index contributed by atoms with van der Waals surface area (Å²) < 4.78 is 13.0. The molecule has 0 saturated carbocycles. The number of hydrogen-bond acceptors (Lipinski definition) is 5. The van der Waals surface area contributed by atoms with Crippen LogP contribution in [0.3, 0.4) is 0 Å². The number of amides is 3. The van der Waals surface area contributed by atoms with Gasteiger partial charge in [-0.15, -0.1) is 0 Å². The fourth-order valence-corrected chi connectivity index (χ4v) is 2.61. The molecule has 1 aromatic carbocycles. The summed E-state index contributed by atoms with van der Waals surface area (Å²) in [6.45, 7) is 0.0349. The largest absolute Gasteiger partial charge is 0.396 e. The summed E-state index contributed by atoms with van der Waals surface area (Å²) in [4.78, 5) is 35.9. The highest BCUT2D eigenvalue weighted by atomic mass is 32.2. The summed E-state index contributed by atoms with van der Waals surface area (Å²) in [5, 5.41) is 2.21. The quantitative estimate of drug-likeness (QED) is 0.827. The molecule has 21 heavy (non-hydrogen) atoms. The van der Waals surface area contributed by atoms with Crippen molar-refractivity contribution < 1.29 is 18.8 Å². The molecule has 0 unspecified atom stereocenters. The summed E-state index contributed by atoms with van der Waals surface area (Å²) in [7, 11) is 0. The van der Waals surface area contributed by atoms with Crippen molar-refractivity contribution in [3.05, 3.63) is 24.0 Å². The van der Waals surface area contributed by atoms with Crippen molar-refractivity contribution in [2.45, 2.75) is 12.8 Å². The van der Waals surface area contributed by atoms with Crippen LogP contribution in [-0.2, 0) is 9.59 Å². The van der Waals surface area contributed by atoms with E-state index in [0.717, 1.165) is 22.7 Å². The van der Waals surface area contributed by atoms with Crippen molar-refractivity contribution in [2.24, 2.45) is 0 Å². The fraction of sp³-hybridized carbons (Fsp3) is 0.308. The van der Waals surface area contributed by atoms with Crippen LogP contribution in [0.5, 0.6) is 0 Å². The molecule has 1 aliphatic heterocycles. The molecule has 1 aliphatic rings. The van der Waals surface area contributed by atoms with E-state index in [1.807, 2.05) is 0 Å². The van der Waals surface area contributed by atoms with E-state index in [1.165, 1.54) is 12.1 Å². The fourth-order valence-electron chi connectivity index (χ4n) is 1.81. The van der Waals surface area contributed by atoms with Crippen molar-refractivity contribution in [2.75, 3.05) is 23.3 Å². The second-order valence-corrected chi connectivity index (χ2v) is 5.49. The van der Waals surface area contributed by atoms with Crippen molar-refractivity contribution >= 4 is 40.2 Å². The number of nitrogens with one attached hydrogen (secondary N) is 1. The lowest BCUT2D eigenvalue weighted by Crippen LogP contribution is -2.39. The maximum Gasteiger partial charge on any atom is 0.288 e. The number of nitrogens with two attached hydrogens (primary N) is 1. The Balaban J connectivity index is 1.88. The molecule has 0 spiro atoms. The number of anilines is 2. The third-order valence-corrected chi connectivity index (χ3v) is 3.78. The molecule has 0 atom stereocenters. The van der Waals surface area contributed by atoms with Gasteiger partial charge in [0.25, 0.3) is 5.24 Å². The van der Waals surface area contributed by atoms with Gasteiger partial charge >= 0.3 is 0 Å². The first kappa shape index (κ1) is 15.3. The Bertz CT molecular complexity index is 578. The van der Waals surface area contributed by atoms with Gasteiger partial charge in [0.15, 0.2) is 0 Å². The molecule has 1 heterocycles. The number of nitrogens with zero attached hydrogens (tertiary/aromatic N) is 1. The summed E-state index contributed by atoms with van der Waals surface area (Å²) in [5.41, 5.74) is 5.70. The zero-order valence-electron chi connectivity index (χ0n) is 11.1. The summed E-state index contributed by atoms with van der Waals surface area (Å²) in [6.07, 6.45) is 0.280. The van der Waals surface area contributed by atoms with E-state index in [-0.39, 0.29) is 35.7 Å². The second-order valence-electron chi connectivity index (χ2n) is 4.44. The lowest BCUT2D eigenvalue weighted by Gasteiger charge is -2.23. The van der Waals surface area contributed by atoms with Gasteiger partial charge < -0.3 is 11.1 Å². The molecule has 0 aliphatic carbocycles. The number of thioether (sulfide) groups is 1. The van der Waals surface area contributed by atoms with Crippen LogP contribution < -0.4 is 11.1 Å². The first-order valence-corrected chi connectivity index (χ1v) is 7.28. The second kappa shape index (κ2) is 6.57. The van der Waals surface area contributed by atoms with Gasteiger partial charge in [-0.05, 0) is 18.2 Å². The summed E-state index contributed by atoms with van der Waals surface area (Å²) in [5.74, 6) is -0.723. The van der Waals surface area contributed by atoms with Gasteiger partial charge in [0.1, 0.15) is 5.82 Å². The smallest absolute Gasteiger partial charge is 0.288 e. The van der Waals surface area contributed by atoms with Crippen molar-refractivity contribution in [1.82, 2.24) is 4.90 Å². The minimum Gasteiger partial charge on any atom is -0.396 e. The molecule has 3 amide bonds. The minimum atomic E-state index is -0.561. The molecule has 0 aromatic heterocycles. The first-order valence-electron chi connectivity index (χ1n) is 6.29. The topological polar surface area (TPSA) is 92.5 Å². The van der Waals surface area contributed by atoms with Crippen LogP contribution in [0.15, 0.2) is 18.2 Å². The number of hydrogen-bond donors (Lipinski definition) is 2. The zero-order valence-corrected chi connectivity index (χ0v) is 11.9. The van der Waals surface area contributed by atoms with Crippen LogP contribution in [-0.4, -0.2) is 34.3 Å². The van der Waals surface area contributed by atoms with E-state index < -0.39 is 5.82 Å². The van der Waals surface area contributed by atoms with Crippen LogP contribution in [0.2, 0.25) is 0 Å². The Morgan fingerprint density at radius 3 is 2.86 bits per heavy atom. The number of nitrogen functional groups attached to an aromatic ring is 1. The maximum absolute atomic E-state index is 13.0. The molecule has 6 nitrogen and oxygen atoms in total. The van der Waals surface area contributed by atoms with E-state index in [9.17, 15) is 18.8 Å². The van der Waals surface area contributed by atoms with Gasteiger partial charge in [0.05, 0.1) is 5.69 Å². The molecule has 0 bridgehead atoms. The van der Waals surface area contributed by atoms with Crippen molar-refractivity contribution in [3.63, 3.8) is 0 Å². The Kier molecular flexibility index (Phi) is 4.79. The van der Waals surface area contributed by atoms with Crippen LogP contribution in [0.4, 0.5) is 20.6 Å². The highest BCUT2D eigenvalue weighted by molar-refractivity contribution is 8.13. The predicted molar refractivity (Wildman–Crippen MR) is 78.2 cm³/mol. The van der Waals surface area contributed by atoms with E-state index in [4.69, 9.17) is 5.73 Å². The number of carbonyl (C=O) groups excluding carboxylic acids is 3. The number of benzene rings is 1. The van der Waals surface area contributed by atoms with Crippen LogP contribution in [0, 0.1) is 5.82 Å². The lowest BCUT2D eigenvalue weighted by molar-refractivity contribution is -0.128. The van der Waals surface area contributed by atoms with Crippen LogP contribution in [0.25, 0.3) is 0 Å². The van der Waals surface area contributed by atoms with Gasteiger partial charge in [0, 0.05) is 30.8 Å². The molecule has 1 saturated heterocycles. The van der Waals surface area contributed by atoms with Crippen molar-refractivity contribution in [3.8, 4) is 0 Å².